The molecule has 21 heavy (non-hydrogen) atoms. The molecule has 0 radical (unpaired) electrons. The molecule has 0 aliphatic carbocycles. The number of benzene rings is 1. The van der Waals surface area contributed by atoms with Crippen LogP contribution in [0, 0.1) is 0 Å². The number of halogens is 4. The summed E-state index contributed by atoms with van der Waals surface area (Å²) in [4.78, 5) is 0. The fourth-order valence-corrected chi connectivity index (χ4v) is 2.12. The Balaban J connectivity index is 2.47. The highest BCUT2D eigenvalue weighted by atomic mass is 35.5. The third-order valence-corrected chi connectivity index (χ3v) is 3.10. The second-order valence-corrected chi connectivity index (χ2v) is 5.38. The van der Waals surface area contributed by atoms with Gasteiger partial charge < -0.3 is 5.32 Å². The first-order valence-corrected chi connectivity index (χ1v) is 6.80. The van der Waals surface area contributed by atoms with Gasteiger partial charge in [-0.2, -0.15) is 18.3 Å². The van der Waals surface area contributed by atoms with E-state index in [4.69, 9.17) is 11.6 Å². The Hall–Kier alpha value is -1.53. The summed E-state index contributed by atoms with van der Waals surface area (Å²) < 4.78 is 40.9. The Morgan fingerprint density at radius 1 is 1.33 bits per heavy atom. The molecular formula is C14H15ClF3N3. The zero-order valence-electron chi connectivity index (χ0n) is 11.6. The van der Waals surface area contributed by atoms with Gasteiger partial charge in [0.2, 0.25) is 0 Å². The minimum absolute atomic E-state index is 0.0839. The highest BCUT2D eigenvalue weighted by Gasteiger charge is 2.38. The Labute approximate surface area is 125 Å². The van der Waals surface area contributed by atoms with E-state index in [1.165, 1.54) is 18.3 Å². The monoisotopic (exact) mass is 317 g/mol. The molecule has 0 atom stereocenters. The number of hydrogen-bond donors (Lipinski definition) is 1. The predicted octanol–water partition coefficient (Wildman–Crippen LogP) is 4.04. The van der Waals surface area contributed by atoms with Crippen LogP contribution in [0.25, 0.3) is 5.69 Å². The number of hydrogen-bond acceptors (Lipinski definition) is 2. The molecule has 1 aromatic heterocycles. The van der Waals surface area contributed by atoms with Gasteiger partial charge in [-0.25, -0.2) is 4.68 Å². The maximum Gasteiger partial charge on any atom is 0.433 e. The van der Waals surface area contributed by atoms with Gasteiger partial charge in [-0.05, 0) is 18.2 Å². The quantitative estimate of drug-likeness (QED) is 0.922. The molecule has 0 amide bonds. The van der Waals surface area contributed by atoms with E-state index >= 15 is 0 Å². The zero-order valence-corrected chi connectivity index (χ0v) is 12.3. The second-order valence-electron chi connectivity index (χ2n) is 4.94. The Kier molecular flexibility index (Phi) is 4.58. The summed E-state index contributed by atoms with van der Waals surface area (Å²) in [5, 5.41) is 7.20. The van der Waals surface area contributed by atoms with Gasteiger partial charge in [-0.1, -0.05) is 31.5 Å². The lowest BCUT2D eigenvalue weighted by atomic mass is 10.2. The van der Waals surface area contributed by atoms with E-state index in [-0.39, 0.29) is 23.8 Å². The summed E-state index contributed by atoms with van der Waals surface area (Å²) in [6, 6.07) is 6.26. The predicted molar refractivity (Wildman–Crippen MR) is 75.6 cm³/mol. The van der Waals surface area contributed by atoms with Gasteiger partial charge in [0.1, 0.15) is 0 Å². The summed E-state index contributed by atoms with van der Waals surface area (Å²) in [5.41, 5.74) is -0.389. The van der Waals surface area contributed by atoms with Crippen molar-refractivity contribution in [3.05, 3.63) is 46.7 Å². The third-order valence-electron chi connectivity index (χ3n) is 2.87. The molecule has 7 heteroatoms. The van der Waals surface area contributed by atoms with Gasteiger partial charge in [-0.3, -0.25) is 0 Å². The van der Waals surface area contributed by atoms with Crippen molar-refractivity contribution >= 4 is 11.6 Å². The fraction of sp³-hybridized carbons (Fsp3) is 0.357. The van der Waals surface area contributed by atoms with Crippen LogP contribution in [-0.2, 0) is 12.7 Å². The number of nitrogens with zero attached hydrogens (tertiary/aromatic N) is 2. The molecule has 3 nitrogen and oxygen atoms in total. The molecule has 0 saturated heterocycles. The van der Waals surface area contributed by atoms with Crippen LogP contribution < -0.4 is 5.32 Å². The number of alkyl halides is 3. The Bertz CT molecular complexity index is 620. The second kappa shape index (κ2) is 6.07. The van der Waals surface area contributed by atoms with Crippen molar-refractivity contribution in [2.45, 2.75) is 32.6 Å². The molecule has 1 heterocycles. The molecule has 0 aliphatic rings. The summed E-state index contributed by atoms with van der Waals surface area (Å²) in [6.07, 6.45) is -3.26. The van der Waals surface area contributed by atoms with Crippen molar-refractivity contribution in [1.29, 1.82) is 0 Å². The van der Waals surface area contributed by atoms with E-state index in [0.717, 1.165) is 4.68 Å². The van der Waals surface area contributed by atoms with Gasteiger partial charge in [-0.15, -0.1) is 0 Å². The molecule has 0 aliphatic heterocycles. The molecule has 114 valence electrons. The summed E-state index contributed by atoms with van der Waals surface area (Å²) in [6.45, 7) is 3.84. The average molecular weight is 318 g/mol. The van der Waals surface area contributed by atoms with Gasteiger partial charge >= 0.3 is 6.18 Å². The highest BCUT2D eigenvalue weighted by molar-refractivity contribution is 6.30. The first-order chi connectivity index (χ1) is 9.79. The van der Waals surface area contributed by atoms with E-state index in [1.807, 2.05) is 13.8 Å². The smallest absolute Gasteiger partial charge is 0.310 e. The molecular weight excluding hydrogens is 303 g/mol. The maximum atomic E-state index is 13.3. The van der Waals surface area contributed by atoms with Crippen molar-refractivity contribution in [2.75, 3.05) is 0 Å². The molecule has 0 unspecified atom stereocenters. The molecule has 0 bridgehead atoms. The van der Waals surface area contributed by atoms with Crippen molar-refractivity contribution < 1.29 is 13.2 Å². The van der Waals surface area contributed by atoms with Crippen LogP contribution in [0.1, 0.15) is 25.1 Å². The van der Waals surface area contributed by atoms with Crippen LogP contribution in [0.2, 0.25) is 5.02 Å². The van der Waals surface area contributed by atoms with Gasteiger partial charge in [0, 0.05) is 23.2 Å². The van der Waals surface area contributed by atoms with E-state index < -0.39 is 11.9 Å². The largest absolute Gasteiger partial charge is 0.433 e. The van der Waals surface area contributed by atoms with Crippen LogP contribution in [0.15, 0.2) is 30.5 Å². The van der Waals surface area contributed by atoms with Crippen LogP contribution in [-0.4, -0.2) is 15.8 Å². The minimum atomic E-state index is -4.49. The summed E-state index contributed by atoms with van der Waals surface area (Å²) >= 11 is 5.84. The molecule has 2 rings (SSSR count). The molecule has 0 saturated carbocycles. The fourth-order valence-electron chi connectivity index (χ4n) is 1.93. The van der Waals surface area contributed by atoms with Gasteiger partial charge in [0.15, 0.2) is 5.69 Å². The molecule has 0 fully saturated rings. The normalized spacial score (nSPS) is 12.1. The average Bonchev–Trinajstić information content (AvgIpc) is 2.80. The van der Waals surface area contributed by atoms with Crippen molar-refractivity contribution in [1.82, 2.24) is 15.1 Å². The van der Waals surface area contributed by atoms with Crippen LogP contribution in [0.5, 0.6) is 0 Å². The first kappa shape index (κ1) is 15.9. The third kappa shape index (κ3) is 3.77. The van der Waals surface area contributed by atoms with E-state index in [2.05, 4.69) is 10.4 Å². The molecule has 2 aromatic rings. The number of nitrogens with one attached hydrogen (secondary N) is 1. The lowest BCUT2D eigenvalue weighted by Crippen LogP contribution is -2.24. The molecule has 1 aromatic carbocycles. The maximum absolute atomic E-state index is 13.3. The Morgan fingerprint density at radius 3 is 2.62 bits per heavy atom. The summed E-state index contributed by atoms with van der Waals surface area (Å²) in [7, 11) is 0. The molecule has 1 N–H and O–H groups in total. The van der Waals surface area contributed by atoms with Gasteiger partial charge in [0.05, 0.1) is 11.9 Å². The standard InChI is InChI=1S/C14H15ClF3N3/c1-9(2)19-7-10-8-20-21(13(10)14(16,17)18)12-5-3-4-11(15)6-12/h3-6,8-9,19H,7H2,1-2H3. The van der Waals surface area contributed by atoms with Crippen LogP contribution in [0.3, 0.4) is 0 Å². The SMILES string of the molecule is CC(C)NCc1cnn(-c2cccc(Cl)c2)c1C(F)(F)F. The van der Waals surface area contributed by atoms with Crippen molar-refractivity contribution in [2.24, 2.45) is 0 Å². The van der Waals surface area contributed by atoms with Crippen LogP contribution >= 0.6 is 11.6 Å². The minimum Gasteiger partial charge on any atom is -0.310 e. The summed E-state index contributed by atoms with van der Waals surface area (Å²) in [5.74, 6) is 0. The number of rotatable bonds is 4. The Morgan fingerprint density at radius 2 is 2.05 bits per heavy atom. The van der Waals surface area contributed by atoms with E-state index in [9.17, 15) is 13.2 Å². The lowest BCUT2D eigenvalue weighted by Gasteiger charge is -2.14. The zero-order chi connectivity index (χ0) is 15.6. The van der Waals surface area contributed by atoms with Crippen LogP contribution in [0.4, 0.5) is 13.2 Å². The van der Waals surface area contributed by atoms with Gasteiger partial charge in [0.25, 0.3) is 0 Å². The van der Waals surface area contributed by atoms with E-state index in [1.54, 1.807) is 12.1 Å². The van der Waals surface area contributed by atoms with Crippen molar-refractivity contribution in [3.8, 4) is 5.69 Å². The highest BCUT2D eigenvalue weighted by Crippen LogP contribution is 2.34. The molecule has 0 spiro atoms. The lowest BCUT2D eigenvalue weighted by molar-refractivity contribution is -0.143. The van der Waals surface area contributed by atoms with Crippen molar-refractivity contribution in [3.63, 3.8) is 0 Å². The number of aromatic nitrogens is 2. The first-order valence-electron chi connectivity index (χ1n) is 6.42. The van der Waals surface area contributed by atoms with E-state index in [0.29, 0.717) is 5.02 Å². The topological polar surface area (TPSA) is 29.9 Å².